The summed E-state index contributed by atoms with van der Waals surface area (Å²) in [6, 6.07) is 5.88. The van der Waals surface area contributed by atoms with Crippen molar-refractivity contribution in [3.05, 3.63) is 29.3 Å². The van der Waals surface area contributed by atoms with E-state index in [1.54, 1.807) is 7.11 Å². The van der Waals surface area contributed by atoms with Gasteiger partial charge in [-0.25, -0.2) is 0 Å². The van der Waals surface area contributed by atoms with Gasteiger partial charge in [0.15, 0.2) is 0 Å². The highest BCUT2D eigenvalue weighted by atomic mass is 16.5. The third-order valence-corrected chi connectivity index (χ3v) is 4.06. The number of aryl methyl sites for hydroxylation is 1. The van der Waals surface area contributed by atoms with Gasteiger partial charge < -0.3 is 14.6 Å². The zero-order valence-electron chi connectivity index (χ0n) is 12.3. The second-order valence-corrected chi connectivity index (χ2v) is 5.82. The molecular formula is C16H24O3. The first kappa shape index (κ1) is 14.4. The van der Waals surface area contributed by atoms with Crippen molar-refractivity contribution in [1.29, 1.82) is 0 Å². The highest BCUT2D eigenvalue weighted by Gasteiger charge is 2.38. The van der Waals surface area contributed by atoms with Crippen LogP contribution in [-0.4, -0.2) is 24.9 Å². The minimum atomic E-state index is -0.774. The Bertz CT molecular complexity index is 442. The number of benzene rings is 1. The van der Waals surface area contributed by atoms with Crippen molar-refractivity contribution in [3.63, 3.8) is 0 Å². The van der Waals surface area contributed by atoms with Gasteiger partial charge in [-0.05, 0) is 36.1 Å². The molecule has 1 heterocycles. The number of rotatable bonds is 3. The van der Waals surface area contributed by atoms with Crippen LogP contribution in [0.5, 0.6) is 5.75 Å². The van der Waals surface area contributed by atoms with E-state index in [1.165, 1.54) is 0 Å². The first-order valence-electron chi connectivity index (χ1n) is 6.95. The monoisotopic (exact) mass is 264 g/mol. The van der Waals surface area contributed by atoms with Gasteiger partial charge in [0.25, 0.3) is 0 Å². The van der Waals surface area contributed by atoms with Crippen molar-refractivity contribution >= 4 is 0 Å². The summed E-state index contributed by atoms with van der Waals surface area (Å²) in [6.45, 7) is 6.91. The molecule has 2 rings (SSSR count). The lowest BCUT2D eigenvalue weighted by Gasteiger charge is -2.39. The SMILES string of the molecule is COc1ccc(C2(O)CCOC(C(C)C)C2)c(C)c1. The number of hydrogen-bond acceptors (Lipinski definition) is 3. The molecule has 0 bridgehead atoms. The predicted octanol–water partition coefficient (Wildman–Crippen LogP) is 3.03. The summed E-state index contributed by atoms with van der Waals surface area (Å²) in [5.41, 5.74) is 1.30. The molecule has 0 saturated carbocycles. The Morgan fingerprint density at radius 2 is 2.16 bits per heavy atom. The fourth-order valence-electron chi connectivity index (χ4n) is 2.83. The molecule has 0 radical (unpaired) electrons. The van der Waals surface area contributed by atoms with Crippen molar-refractivity contribution in [1.82, 2.24) is 0 Å². The molecule has 1 aromatic carbocycles. The summed E-state index contributed by atoms with van der Waals surface area (Å²) in [7, 11) is 1.66. The average molecular weight is 264 g/mol. The quantitative estimate of drug-likeness (QED) is 0.912. The molecule has 0 amide bonds. The van der Waals surface area contributed by atoms with Crippen molar-refractivity contribution < 1.29 is 14.6 Å². The molecule has 3 heteroatoms. The molecule has 1 aromatic rings. The minimum Gasteiger partial charge on any atom is -0.497 e. The summed E-state index contributed by atoms with van der Waals surface area (Å²) in [6.07, 6.45) is 1.45. The second kappa shape index (κ2) is 5.51. The lowest BCUT2D eigenvalue weighted by molar-refractivity contribution is -0.121. The fraction of sp³-hybridized carbons (Fsp3) is 0.625. The van der Waals surface area contributed by atoms with E-state index in [0.29, 0.717) is 25.4 Å². The van der Waals surface area contributed by atoms with Crippen LogP contribution >= 0.6 is 0 Å². The Morgan fingerprint density at radius 3 is 2.74 bits per heavy atom. The van der Waals surface area contributed by atoms with E-state index in [9.17, 15) is 5.11 Å². The van der Waals surface area contributed by atoms with E-state index >= 15 is 0 Å². The molecule has 3 nitrogen and oxygen atoms in total. The predicted molar refractivity (Wildman–Crippen MR) is 75.4 cm³/mol. The minimum absolute atomic E-state index is 0.125. The van der Waals surface area contributed by atoms with Crippen LogP contribution in [0.15, 0.2) is 18.2 Å². The van der Waals surface area contributed by atoms with Gasteiger partial charge in [0.05, 0.1) is 25.4 Å². The third-order valence-electron chi connectivity index (χ3n) is 4.06. The van der Waals surface area contributed by atoms with E-state index in [-0.39, 0.29) is 6.10 Å². The van der Waals surface area contributed by atoms with Crippen molar-refractivity contribution in [3.8, 4) is 5.75 Å². The fourth-order valence-corrected chi connectivity index (χ4v) is 2.83. The highest BCUT2D eigenvalue weighted by molar-refractivity contribution is 5.38. The van der Waals surface area contributed by atoms with Crippen molar-refractivity contribution in [2.75, 3.05) is 13.7 Å². The van der Waals surface area contributed by atoms with Gasteiger partial charge in [0.1, 0.15) is 5.75 Å². The largest absolute Gasteiger partial charge is 0.497 e. The van der Waals surface area contributed by atoms with Crippen LogP contribution in [0.4, 0.5) is 0 Å². The Labute approximate surface area is 115 Å². The van der Waals surface area contributed by atoms with Crippen LogP contribution in [0, 0.1) is 12.8 Å². The summed E-state index contributed by atoms with van der Waals surface area (Å²) in [5, 5.41) is 11.0. The molecular weight excluding hydrogens is 240 g/mol. The van der Waals surface area contributed by atoms with Crippen molar-refractivity contribution in [2.24, 2.45) is 5.92 Å². The molecule has 19 heavy (non-hydrogen) atoms. The standard InChI is InChI=1S/C16H24O3/c1-11(2)15-10-16(17,7-8-19-15)14-6-5-13(18-4)9-12(14)3/h5-6,9,11,15,17H,7-8,10H2,1-4H3. The molecule has 1 aliphatic rings. The molecule has 106 valence electrons. The first-order chi connectivity index (χ1) is 8.96. The molecule has 2 unspecified atom stereocenters. The van der Waals surface area contributed by atoms with E-state index < -0.39 is 5.60 Å². The molecule has 2 atom stereocenters. The van der Waals surface area contributed by atoms with Gasteiger partial charge in [-0.15, -0.1) is 0 Å². The number of aliphatic hydroxyl groups is 1. The number of hydrogen-bond donors (Lipinski definition) is 1. The lowest BCUT2D eigenvalue weighted by Crippen LogP contribution is -2.41. The van der Waals surface area contributed by atoms with Crippen LogP contribution in [0.1, 0.15) is 37.8 Å². The van der Waals surface area contributed by atoms with Crippen molar-refractivity contribution in [2.45, 2.75) is 45.3 Å². The van der Waals surface area contributed by atoms with Crippen LogP contribution in [0.25, 0.3) is 0 Å². The number of methoxy groups -OCH3 is 1. The zero-order valence-corrected chi connectivity index (χ0v) is 12.3. The summed E-state index contributed by atoms with van der Waals surface area (Å²) < 4.78 is 11.0. The maximum absolute atomic E-state index is 11.0. The van der Waals surface area contributed by atoms with Gasteiger partial charge in [0.2, 0.25) is 0 Å². The van der Waals surface area contributed by atoms with Gasteiger partial charge in [-0.3, -0.25) is 0 Å². The number of ether oxygens (including phenoxy) is 2. The smallest absolute Gasteiger partial charge is 0.119 e. The van der Waals surface area contributed by atoms with Crippen LogP contribution in [0.3, 0.4) is 0 Å². The Balaban J connectivity index is 2.28. The normalized spacial score (nSPS) is 27.6. The molecule has 1 fully saturated rings. The van der Waals surface area contributed by atoms with E-state index in [2.05, 4.69) is 13.8 Å². The molecule has 1 saturated heterocycles. The Hall–Kier alpha value is -1.06. The first-order valence-corrected chi connectivity index (χ1v) is 6.95. The zero-order chi connectivity index (χ0) is 14.0. The van der Waals surface area contributed by atoms with Gasteiger partial charge >= 0.3 is 0 Å². The van der Waals surface area contributed by atoms with Gasteiger partial charge in [-0.2, -0.15) is 0 Å². The molecule has 0 spiro atoms. The Kier molecular flexibility index (Phi) is 4.16. The van der Waals surface area contributed by atoms with Crippen LogP contribution in [0.2, 0.25) is 0 Å². The molecule has 0 aromatic heterocycles. The van der Waals surface area contributed by atoms with E-state index in [4.69, 9.17) is 9.47 Å². The van der Waals surface area contributed by atoms with E-state index in [0.717, 1.165) is 16.9 Å². The summed E-state index contributed by atoms with van der Waals surface area (Å²) in [4.78, 5) is 0. The lowest BCUT2D eigenvalue weighted by atomic mass is 9.79. The summed E-state index contributed by atoms with van der Waals surface area (Å²) in [5.74, 6) is 1.25. The second-order valence-electron chi connectivity index (χ2n) is 5.82. The van der Waals surface area contributed by atoms with Crippen LogP contribution in [-0.2, 0) is 10.3 Å². The molecule has 0 aliphatic carbocycles. The van der Waals surface area contributed by atoms with Gasteiger partial charge in [-0.1, -0.05) is 19.9 Å². The molecule has 1 N–H and O–H groups in total. The highest BCUT2D eigenvalue weighted by Crippen LogP contribution is 2.38. The topological polar surface area (TPSA) is 38.7 Å². The van der Waals surface area contributed by atoms with E-state index in [1.807, 2.05) is 25.1 Å². The Morgan fingerprint density at radius 1 is 1.42 bits per heavy atom. The average Bonchev–Trinajstić information content (AvgIpc) is 2.38. The van der Waals surface area contributed by atoms with Crippen LogP contribution < -0.4 is 4.74 Å². The maximum Gasteiger partial charge on any atom is 0.119 e. The third kappa shape index (κ3) is 2.93. The van der Waals surface area contributed by atoms with Gasteiger partial charge in [0, 0.05) is 12.8 Å². The maximum atomic E-state index is 11.0. The summed E-state index contributed by atoms with van der Waals surface area (Å²) >= 11 is 0. The molecule has 1 aliphatic heterocycles.